The highest BCUT2D eigenvalue weighted by molar-refractivity contribution is 7.89. The first-order chi connectivity index (χ1) is 23.0. The van der Waals surface area contributed by atoms with Crippen molar-refractivity contribution in [2.75, 3.05) is 33.3 Å². The summed E-state index contributed by atoms with van der Waals surface area (Å²) in [6, 6.07) is 23.9. The van der Waals surface area contributed by atoms with Gasteiger partial charge in [-0.3, -0.25) is 9.69 Å². The van der Waals surface area contributed by atoms with Crippen molar-refractivity contribution in [1.82, 2.24) is 14.1 Å². The van der Waals surface area contributed by atoms with Crippen LogP contribution in [0.15, 0.2) is 89.8 Å². The van der Waals surface area contributed by atoms with Crippen LogP contribution in [0.5, 0.6) is 5.75 Å². The molecular weight excluding hydrogens is 630 g/mol. The number of aliphatic hydroxyl groups excluding tert-OH is 1. The molecule has 11 heteroatoms. The van der Waals surface area contributed by atoms with Gasteiger partial charge in [0, 0.05) is 32.7 Å². The van der Waals surface area contributed by atoms with Crippen LogP contribution >= 0.6 is 0 Å². The molecule has 0 radical (unpaired) electrons. The van der Waals surface area contributed by atoms with Crippen molar-refractivity contribution in [2.24, 2.45) is 11.8 Å². The second-order valence-corrected chi connectivity index (χ2v) is 14.8. The maximum absolute atomic E-state index is 14.4. The first-order valence-corrected chi connectivity index (χ1v) is 18.1. The molecule has 0 aliphatic heterocycles. The van der Waals surface area contributed by atoms with Gasteiger partial charge in [-0.25, -0.2) is 13.2 Å². The number of aliphatic hydroxyl groups is 1. The Morgan fingerprint density at radius 1 is 0.875 bits per heavy atom. The molecule has 0 aromatic heterocycles. The number of nitrogens with zero attached hydrogens (tertiary/aromatic N) is 3. The molecule has 2 amide bonds. The lowest BCUT2D eigenvalue weighted by Gasteiger charge is -2.37. The van der Waals surface area contributed by atoms with Crippen LogP contribution in [0.2, 0.25) is 0 Å². The SMILES string of the molecule is COc1ccc(S(=O)(=O)N(CC(O)CN(CCc2ccccc2)C(=O)[C@H](C(C)C)N(Cc2ccccc2)C(=O)O)CC2CCCC2)cc1. The lowest BCUT2D eigenvalue weighted by molar-refractivity contribution is -0.139. The number of ether oxygens (including phenoxy) is 1. The van der Waals surface area contributed by atoms with Gasteiger partial charge in [0.1, 0.15) is 11.8 Å². The van der Waals surface area contributed by atoms with Crippen LogP contribution in [-0.2, 0) is 27.8 Å². The molecule has 0 bridgehead atoms. The van der Waals surface area contributed by atoms with Gasteiger partial charge in [-0.15, -0.1) is 0 Å². The van der Waals surface area contributed by atoms with Crippen LogP contribution in [0.4, 0.5) is 4.79 Å². The Kier molecular flexibility index (Phi) is 13.4. The fourth-order valence-electron chi connectivity index (χ4n) is 6.43. The minimum Gasteiger partial charge on any atom is -0.497 e. The van der Waals surface area contributed by atoms with Gasteiger partial charge < -0.3 is 19.8 Å². The van der Waals surface area contributed by atoms with Gasteiger partial charge in [-0.1, -0.05) is 87.4 Å². The van der Waals surface area contributed by atoms with Crippen molar-refractivity contribution in [3.05, 3.63) is 96.1 Å². The first-order valence-electron chi connectivity index (χ1n) is 16.7. The van der Waals surface area contributed by atoms with Gasteiger partial charge in [0.25, 0.3) is 0 Å². The molecule has 10 nitrogen and oxygen atoms in total. The van der Waals surface area contributed by atoms with E-state index in [0.717, 1.165) is 41.7 Å². The van der Waals surface area contributed by atoms with Gasteiger partial charge in [-0.05, 0) is 66.5 Å². The molecule has 1 aliphatic rings. The molecule has 2 N–H and O–H groups in total. The summed E-state index contributed by atoms with van der Waals surface area (Å²) in [7, 11) is -2.47. The van der Waals surface area contributed by atoms with E-state index >= 15 is 0 Å². The summed E-state index contributed by atoms with van der Waals surface area (Å²) in [5.74, 6) is -0.0959. The molecule has 2 atom stereocenters. The second-order valence-electron chi connectivity index (χ2n) is 12.9. The lowest BCUT2D eigenvalue weighted by atomic mass is 9.99. The molecule has 3 aromatic carbocycles. The number of carboxylic acid groups (broad SMARTS) is 1. The predicted molar refractivity (Wildman–Crippen MR) is 185 cm³/mol. The Balaban J connectivity index is 1.61. The van der Waals surface area contributed by atoms with E-state index in [1.165, 1.54) is 28.4 Å². The quantitative estimate of drug-likeness (QED) is 0.193. The third-order valence-electron chi connectivity index (χ3n) is 8.97. The zero-order chi connectivity index (χ0) is 34.7. The van der Waals surface area contributed by atoms with Crippen molar-refractivity contribution in [3.63, 3.8) is 0 Å². The summed E-state index contributed by atoms with van der Waals surface area (Å²) in [6.45, 7) is 3.75. The maximum atomic E-state index is 14.4. The number of benzene rings is 3. The molecule has 48 heavy (non-hydrogen) atoms. The van der Waals surface area contributed by atoms with Crippen molar-refractivity contribution >= 4 is 22.0 Å². The molecule has 260 valence electrons. The average Bonchev–Trinajstić information content (AvgIpc) is 3.60. The first kappa shape index (κ1) is 36.9. The summed E-state index contributed by atoms with van der Waals surface area (Å²) in [4.78, 5) is 29.7. The van der Waals surface area contributed by atoms with E-state index in [2.05, 4.69) is 0 Å². The minimum absolute atomic E-state index is 0.0229. The summed E-state index contributed by atoms with van der Waals surface area (Å²) in [6.07, 6.45) is 1.92. The monoisotopic (exact) mass is 679 g/mol. The predicted octanol–water partition coefficient (Wildman–Crippen LogP) is 5.51. The Labute approximate surface area is 285 Å². The molecule has 1 saturated carbocycles. The van der Waals surface area contributed by atoms with E-state index in [1.54, 1.807) is 26.0 Å². The van der Waals surface area contributed by atoms with E-state index in [9.17, 15) is 28.2 Å². The minimum atomic E-state index is -3.98. The van der Waals surface area contributed by atoms with Gasteiger partial charge in [-0.2, -0.15) is 4.31 Å². The summed E-state index contributed by atoms with van der Waals surface area (Å²) in [5, 5.41) is 21.8. The maximum Gasteiger partial charge on any atom is 0.408 e. The van der Waals surface area contributed by atoms with Crippen molar-refractivity contribution in [1.29, 1.82) is 0 Å². The highest BCUT2D eigenvalue weighted by Gasteiger charge is 2.37. The second kappa shape index (κ2) is 17.5. The largest absolute Gasteiger partial charge is 0.497 e. The smallest absolute Gasteiger partial charge is 0.408 e. The van der Waals surface area contributed by atoms with E-state index < -0.39 is 34.2 Å². The average molecular weight is 680 g/mol. The van der Waals surface area contributed by atoms with Crippen molar-refractivity contribution in [3.8, 4) is 5.75 Å². The number of carbonyl (C=O) groups excluding carboxylic acids is 1. The van der Waals surface area contributed by atoms with Gasteiger partial charge in [0.2, 0.25) is 15.9 Å². The number of sulfonamides is 1. The molecule has 0 spiro atoms. The standard InChI is InChI=1S/C37H49N3O7S/c1-28(2)35(40(37(43)44)25-31-14-8-5-9-15-31)36(42)38(23-22-29-12-6-4-7-13-29)26-32(41)27-39(24-30-16-10-11-17-30)48(45,46)34-20-18-33(47-3)19-21-34/h4-9,12-15,18-21,28,30,32,35,41H,10-11,16-17,22-27H2,1-3H3,(H,43,44)/t32?,35-/m0/s1. The third-order valence-corrected chi connectivity index (χ3v) is 10.8. The van der Waals surface area contributed by atoms with Gasteiger partial charge >= 0.3 is 6.09 Å². The zero-order valence-corrected chi connectivity index (χ0v) is 29.0. The zero-order valence-electron chi connectivity index (χ0n) is 28.1. The van der Waals surface area contributed by atoms with Crippen LogP contribution in [-0.4, -0.2) is 90.2 Å². The van der Waals surface area contributed by atoms with Gasteiger partial charge in [0.05, 0.1) is 18.1 Å². The van der Waals surface area contributed by atoms with Crippen LogP contribution in [0.1, 0.15) is 50.7 Å². The van der Waals surface area contributed by atoms with Crippen LogP contribution in [0.25, 0.3) is 0 Å². The molecule has 4 rings (SSSR count). The molecule has 1 aliphatic carbocycles. The van der Waals surface area contributed by atoms with Crippen molar-refractivity contribution < 1.29 is 33.0 Å². The highest BCUT2D eigenvalue weighted by Crippen LogP contribution is 2.29. The van der Waals surface area contributed by atoms with Crippen LogP contribution in [0.3, 0.4) is 0 Å². The van der Waals surface area contributed by atoms with Crippen molar-refractivity contribution in [2.45, 2.75) is 69.5 Å². The Morgan fingerprint density at radius 2 is 1.46 bits per heavy atom. The fraction of sp³-hybridized carbons (Fsp3) is 0.459. The Bertz CT molecular complexity index is 1550. The summed E-state index contributed by atoms with van der Waals surface area (Å²) < 4.78 is 34.4. The van der Waals surface area contributed by atoms with Gasteiger partial charge in [0.15, 0.2) is 0 Å². The number of rotatable bonds is 17. The number of methoxy groups -OCH3 is 1. The highest BCUT2D eigenvalue weighted by atomic mass is 32.2. The molecule has 1 unspecified atom stereocenters. The number of hydrogen-bond donors (Lipinski definition) is 2. The number of carbonyl (C=O) groups is 2. The Morgan fingerprint density at radius 3 is 2.00 bits per heavy atom. The fourth-order valence-corrected chi connectivity index (χ4v) is 7.98. The summed E-state index contributed by atoms with van der Waals surface area (Å²) >= 11 is 0. The molecular formula is C37H49N3O7S. The van der Waals surface area contributed by atoms with Crippen LogP contribution in [0, 0.1) is 11.8 Å². The van der Waals surface area contributed by atoms with Crippen LogP contribution < -0.4 is 4.74 Å². The number of hydrogen-bond acceptors (Lipinski definition) is 6. The Hall–Kier alpha value is -3.93. The van der Waals surface area contributed by atoms with E-state index in [0.29, 0.717) is 12.2 Å². The van der Waals surface area contributed by atoms with E-state index in [4.69, 9.17) is 4.74 Å². The third kappa shape index (κ3) is 10.0. The van der Waals surface area contributed by atoms with E-state index in [-0.39, 0.29) is 49.5 Å². The molecule has 3 aromatic rings. The number of amides is 2. The topological polar surface area (TPSA) is 128 Å². The molecule has 0 saturated heterocycles. The van der Waals surface area contributed by atoms with E-state index in [1.807, 2.05) is 60.7 Å². The normalized spacial score (nSPS) is 15.0. The molecule has 0 heterocycles. The lowest BCUT2D eigenvalue weighted by Crippen LogP contribution is -2.55. The molecule has 1 fully saturated rings. The summed E-state index contributed by atoms with van der Waals surface area (Å²) in [5.41, 5.74) is 1.73.